The van der Waals surface area contributed by atoms with Crippen LogP contribution in [0.2, 0.25) is 0 Å². The van der Waals surface area contributed by atoms with Gasteiger partial charge in [-0.05, 0) is 61.2 Å². The maximum atomic E-state index is 5.66. The first-order valence-electron chi connectivity index (χ1n) is 6.60. The lowest BCUT2D eigenvalue weighted by molar-refractivity contribution is 0.406. The molecule has 0 bridgehead atoms. The Kier molecular flexibility index (Phi) is 5.55. The van der Waals surface area contributed by atoms with E-state index < -0.39 is 0 Å². The summed E-state index contributed by atoms with van der Waals surface area (Å²) < 4.78 is 7.86. The molecule has 1 atom stereocenters. The quantitative estimate of drug-likeness (QED) is 0.452. The molecule has 0 N–H and O–H groups in total. The van der Waals surface area contributed by atoms with Crippen molar-refractivity contribution in [3.05, 3.63) is 61.0 Å². The van der Waals surface area contributed by atoms with Crippen LogP contribution in [0.1, 0.15) is 32.6 Å². The number of aryl methyl sites for hydroxylation is 2. The summed E-state index contributed by atoms with van der Waals surface area (Å²) in [6.07, 6.45) is 0. The zero-order valence-electron chi connectivity index (χ0n) is 12.4. The van der Waals surface area contributed by atoms with E-state index in [1.807, 2.05) is 0 Å². The largest absolute Gasteiger partial charge is 0.496 e. The van der Waals surface area contributed by atoms with E-state index in [4.69, 9.17) is 4.74 Å². The van der Waals surface area contributed by atoms with Crippen molar-refractivity contribution in [2.24, 2.45) is 0 Å². The Labute approximate surface area is 151 Å². The van der Waals surface area contributed by atoms with Gasteiger partial charge < -0.3 is 4.74 Å². The van der Waals surface area contributed by atoms with E-state index in [0.29, 0.717) is 0 Å². The fraction of sp³-hybridized carbons (Fsp3) is 0.294. The van der Waals surface area contributed by atoms with Crippen LogP contribution in [0.4, 0.5) is 0 Å². The molecule has 1 unspecified atom stereocenters. The molecule has 0 saturated heterocycles. The van der Waals surface area contributed by atoms with Gasteiger partial charge in [-0.3, -0.25) is 0 Å². The lowest BCUT2D eigenvalue weighted by Gasteiger charge is -2.22. The Balaban J connectivity index is 2.65. The molecule has 0 radical (unpaired) electrons. The Morgan fingerprint density at radius 2 is 1.67 bits per heavy atom. The first kappa shape index (κ1) is 17.0. The summed E-state index contributed by atoms with van der Waals surface area (Å²) in [6, 6.07) is 8.46. The second-order valence-corrected chi connectivity index (χ2v) is 7.80. The Hall–Kier alpha value is -0.320. The molecular formula is C17H17Br3O. The van der Waals surface area contributed by atoms with Crippen LogP contribution < -0.4 is 4.74 Å². The van der Waals surface area contributed by atoms with Crippen LogP contribution in [-0.2, 0) is 0 Å². The molecule has 0 aliphatic heterocycles. The molecule has 0 heterocycles. The standard InChI is InChI=1S/C17H17Br3O/c1-9-7-12(18)5-6-13(9)16(20)15-11(3)14(19)8-10(2)17(15)21-4/h5-8,16H,1-4H3. The molecule has 0 aliphatic carbocycles. The minimum absolute atomic E-state index is 0.0942. The van der Waals surface area contributed by atoms with Gasteiger partial charge in [0.15, 0.2) is 0 Å². The van der Waals surface area contributed by atoms with Gasteiger partial charge in [-0.2, -0.15) is 0 Å². The third-order valence-electron chi connectivity index (χ3n) is 3.67. The van der Waals surface area contributed by atoms with E-state index in [9.17, 15) is 0 Å². The summed E-state index contributed by atoms with van der Waals surface area (Å²) in [6.45, 7) is 6.31. The SMILES string of the molecule is COc1c(C)cc(Br)c(C)c1C(Br)c1ccc(Br)cc1C. The summed E-state index contributed by atoms with van der Waals surface area (Å²) in [5.74, 6) is 0.944. The highest BCUT2D eigenvalue weighted by molar-refractivity contribution is 9.11. The minimum Gasteiger partial charge on any atom is -0.496 e. The summed E-state index contributed by atoms with van der Waals surface area (Å²) >= 11 is 11.0. The molecule has 1 nitrogen and oxygen atoms in total. The second kappa shape index (κ2) is 6.84. The summed E-state index contributed by atoms with van der Waals surface area (Å²) in [4.78, 5) is 0.0942. The summed E-state index contributed by atoms with van der Waals surface area (Å²) in [5.41, 5.74) is 5.99. The number of hydrogen-bond donors (Lipinski definition) is 0. The van der Waals surface area contributed by atoms with Crippen LogP contribution in [-0.4, -0.2) is 7.11 Å². The highest BCUT2D eigenvalue weighted by Crippen LogP contribution is 2.44. The van der Waals surface area contributed by atoms with Crippen molar-refractivity contribution in [3.63, 3.8) is 0 Å². The van der Waals surface area contributed by atoms with Gasteiger partial charge in [0.2, 0.25) is 0 Å². The Bertz CT molecular complexity index is 680. The fourth-order valence-electron chi connectivity index (χ4n) is 2.53. The molecular weight excluding hydrogens is 460 g/mol. The molecule has 112 valence electrons. The molecule has 2 rings (SSSR count). The van der Waals surface area contributed by atoms with Gasteiger partial charge in [-0.1, -0.05) is 53.9 Å². The molecule has 0 aliphatic rings. The lowest BCUT2D eigenvalue weighted by Crippen LogP contribution is -2.04. The van der Waals surface area contributed by atoms with Crippen molar-refractivity contribution in [3.8, 4) is 5.75 Å². The van der Waals surface area contributed by atoms with Gasteiger partial charge in [0.1, 0.15) is 5.75 Å². The van der Waals surface area contributed by atoms with Crippen LogP contribution in [0.3, 0.4) is 0 Å². The molecule has 4 heteroatoms. The zero-order chi connectivity index (χ0) is 15.7. The van der Waals surface area contributed by atoms with Crippen molar-refractivity contribution in [2.45, 2.75) is 25.6 Å². The number of hydrogen-bond acceptors (Lipinski definition) is 1. The highest BCUT2D eigenvalue weighted by atomic mass is 79.9. The third-order valence-corrected chi connectivity index (χ3v) is 5.94. The van der Waals surface area contributed by atoms with Gasteiger partial charge in [-0.15, -0.1) is 0 Å². The normalized spacial score (nSPS) is 12.3. The van der Waals surface area contributed by atoms with Gasteiger partial charge in [0, 0.05) is 14.5 Å². The van der Waals surface area contributed by atoms with E-state index >= 15 is 0 Å². The van der Waals surface area contributed by atoms with Crippen molar-refractivity contribution in [2.75, 3.05) is 7.11 Å². The predicted molar refractivity (Wildman–Crippen MR) is 99.8 cm³/mol. The average Bonchev–Trinajstić information content (AvgIpc) is 2.41. The number of alkyl halides is 1. The number of rotatable bonds is 3. The van der Waals surface area contributed by atoms with Crippen LogP contribution in [0, 0.1) is 20.8 Å². The number of benzene rings is 2. The topological polar surface area (TPSA) is 9.23 Å². The van der Waals surface area contributed by atoms with Crippen molar-refractivity contribution < 1.29 is 4.74 Å². The Morgan fingerprint density at radius 1 is 1.00 bits per heavy atom. The molecule has 0 saturated carbocycles. The number of methoxy groups -OCH3 is 1. The molecule has 2 aromatic rings. The molecule has 0 amide bonds. The number of ether oxygens (including phenoxy) is 1. The van der Waals surface area contributed by atoms with Gasteiger partial charge in [-0.25, -0.2) is 0 Å². The Morgan fingerprint density at radius 3 is 2.24 bits per heavy atom. The second-order valence-electron chi connectivity index (χ2n) is 5.11. The van der Waals surface area contributed by atoms with Crippen LogP contribution in [0.5, 0.6) is 5.75 Å². The zero-order valence-corrected chi connectivity index (χ0v) is 17.2. The fourth-order valence-corrected chi connectivity index (χ4v) is 4.63. The van der Waals surface area contributed by atoms with Gasteiger partial charge in [0.05, 0.1) is 11.9 Å². The highest BCUT2D eigenvalue weighted by Gasteiger charge is 2.22. The van der Waals surface area contributed by atoms with Crippen LogP contribution in [0.15, 0.2) is 33.2 Å². The molecule has 0 fully saturated rings. The van der Waals surface area contributed by atoms with Crippen LogP contribution >= 0.6 is 47.8 Å². The van der Waals surface area contributed by atoms with Crippen molar-refractivity contribution in [1.29, 1.82) is 0 Å². The predicted octanol–water partition coefficient (Wildman–Crippen LogP) is 6.63. The number of halogens is 3. The molecule has 2 aromatic carbocycles. The first-order chi connectivity index (χ1) is 9.86. The maximum absolute atomic E-state index is 5.66. The molecule has 0 aromatic heterocycles. The maximum Gasteiger partial charge on any atom is 0.126 e. The van der Waals surface area contributed by atoms with E-state index in [0.717, 1.165) is 20.3 Å². The molecule has 0 spiro atoms. The smallest absolute Gasteiger partial charge is 0.126 e. The summed E-state index contributed by atoms with van der Waals surface area (Å²) in [7, 11) is 1.73. The van der Waals surface area contributed by atoms with Crippen molar-refractivity contribution >= 4 is 47.8 Å². The minimum atomic E-state index is 0.0942. The van der Waals surface area contributed by atoms with Crippen molar-refractivity contribution in [1.82, 2.24) is 0 Å². The van der Waals surface area contributed by atoms with E-state index in [-0.39, 0.29) is 4.83 Å². The third kappa shape index (κ3) is 3.38. The van der Waals surface area contributed by atoms with Gasteiger partial charge in [0.25, 0.3) is 0 Å². The molecule has 21 heavy (non-hydrogen) atoms. The average molecular weight is 477 g/mol. The lowest BCUT2D eigenvalue weighted by atomic mass is 9.95. The van der Waals surface area contributed by atoms with Crippen LogP contribution in [0.25, 0.3) is 0 Å². The van der Waals surface area contributed by atoms with E-state index in [2.05, 4.69) is 92.8 Å². The van der Waals surface area contributed by atoms with E-state index in [1.165, 1.54) is 22.3 Å². The van der Waals surface area contributed by atoms with Gasteiger partial charge >= 0.3 is 0 Å². The summed E-state index contributed by atoms with van der Waals surface area (Å²) in [5, 5.41) is 0. The monoisotopic (exact) mass is 474 g/mol. The van der Waals surface area contributed by atoms with E-state index in [1.54, 1.807) is 7.11 Å². The first-order valence-corrected chi connectivity index (χ1v) is 9.10.